The number of unbranched alkanes of at least 4 members (excludes halogenated alkanes) is 47. The van der Waals surface area contributed by atoms with Crippen molar-refractivity contribution in [1.29, 1.82) is 0 Å². The summed E-state index contributed by atoms with van der Waals surface area (Å²) in [6.07, 6.45) is 72.5. The lowest BCUT2D eigenvalue weighted by Crippen LogP contribution is -2.45. The first-order valence-corrected chi connectivity index (χ1v) is 31.9. The molecule has 0 aromatic carbocycles. The molecule has 416 valence electrons. The number of amides is 1. The Morgan fingerprint density at radius 3 is 1.03 bits per heavy atom. The number of allylic oxidation sites excluding steroid dienone is 2. The summed E-state index contributed by atoms with van der Waals surface area (Å²) < 4.78 is 5.48. The maximum Gasteiger partial charge on any atom is 0.305 e. The number of rotatable bonds is 60. The number of hydrogen-bond donors (Lipinski definition) is 3. The Labute approximate surface area is 438 Å². The molecular formula is C64H125NO5. The Morgan fingerprint density at radius 2 is 0.671 bits per heavy atom. The van der Waals surface area contributed by atoms with Gasteiger partial charge in [-0.05, 0) is 51.4 Å². The largest absolute Gasteiger partial charge is 0.466 e. The molecule has 2 unspecified atom stereocenters. The fraction of sp³-hybridized carbons (Fsp3) is 0.938. The molecule has 0 radical (unpaired) electrons. The van der Waals surface area contributed by atoms with Crippen LogP contribution < -0.4 is 5.32 Å². The lowest BCUT2D eigenvalue weighted by Gasteiger charge is -2.22. The third kappa shape index (κ3) is 55.9. The normalized spacial score (nSPS) is 12.6. The molecule has 0 saturated carbocycles. The van der Waals surface area contributed by atoms with Gasteiger partial charge in [-0.25, -0.2) is 0 Å². The lowest BCUT2D eigenvalue weighted by molar-refractivity contribution is -0.143. The predicted octanol–water partition coefficient (Wildman–Crippen LogP) is 20.0. The smallest absolute Gasteiger partial charge is 0.305 e. The summed E-state index contributed by atoms with van der Waals surface area (Å²) in [5, 5.41) is 23.2. The molecular weight excluding hydrogens is 863 g/mol. The van der Waals surface area contributed by atoms with E-state index in [9.17, 15) is 19.8 Å². The van der Waals surface area contributed by atoms with Crippen LogP contribution in [0, 0.1) is 0 Å². The molecule has 0 rings (SSSR count). The van der Waals surface area contributed by atoms with Gasteiger partial charge in [0, 0.05) is 12.8 Å². The van der Waals surface area contributed by atoms with E-state index in [0.717, 1.165) is 44.9 Å². The van der Waals surface area contributed by atoms with Crippen molar-refractivity contribution in [2.45, 2.75) is 373 Å². The molecule has 70 heavy (non-hydrogen) atoms. The second-order valence-electron chi connectivity index (χ2n) is 22.1. The van der Waals surface area contributed by atoms with Gasteiger partial charge >= 0.3 is 5.97 Å². The monoisotopic (exact) mass is 988 g/mol. The second-order valence-corrected chi connectivity index (χ2v) is 22.1. The first-order chi connectivity index (χ1) is 34.5. The molecule has 0 bridgehead atoms. The molecule has 3 N–H and O–H groups in total. The van der Waals surface area contributed by atoms with E-state index in [-0.39, 0.29) is 18.5 Å². The van der Waals surface area contributed by atoms with Gasteiger partial charge in [-0.15, -0.1) is 0 Å². The molecule has 0 aromatic rings. The van der Waals surface area contributed by atoms with Crippen LogP contribution in [0.25, 0.3) is 0 Å². The molecule has 0 aliphatic carbocycles. The number of carbonyl (C=O) groups is 2. The van der Waals surface area contributed by atoms with Crippen LogP contribution in [-0.4, -0.2) is 47.4 Å². The van der Waals surface area contributed by atoms with Gasteiger partial charge in [-0.3, -0.25) is 9.59 Å². The van der Waals surface area contributed by atoms with E-state index < -0.39 is 12.1 Å². The Bertz CT molecular complexity index is 1050. The van der Waals surface area contributed by atoms with Gasteiger partial charge in [0.15, 0.2) is 0 Å². The van der Waals surface area contributed by atoms with E-state index in [0.29, 0.717) is 25.9 Å². The highest BCUT2D eigenvalue weighted by molar-refractivity contribution is 5.76. The Morgan fingerprint density at radius 1 is 0.386 bits per heavy atom. The summed E-state index contributed by atoms with van der Waals surface area (Å²) in [7, 11) is 0. The van der Waals surface area contributed by atoms with Crippen molar-refractivity contribution >= 4 is 11.9 Å². The van der Waals surface area contributed by atoms with E-state index in [4.69, 9.17) is 4.74 Å². The van der Waals surface area contributed by atoms with Crippen molar-refractivity contribution in [3.8, 4) is 0 Å². The first kappa shape index (κ1) is 68.6. The zero-order valence-corrected chi connectivity index (χ0v) is 47.5. The van der Waals surface area contributed by atoms with Crippen LogP contribution in [0.3, 0.4) is 0 Å². The van der Waals surface area contributed by atoms with Gasteiger partial charge in [-0.1, -0.05) is 309 Å². The van der Waals surface area contributed by atoms with Gasteiger partial charge in [0.05, 0.1) is 25.4 Å². The zero-order valence-electron chi connectivity index (χ0n) is 47.5. The van der Waals surface area contributed by atoms with Crippen molar-refractivity contribution in [1.82, 2.24) is 5.32 Å². The summed E-state index contributed by atoms with van der Waals surface area (Å²) in [4.78, 5) is 24.5. The molecule has 0 spiro atoms. The van der Waals surface area contributed by atoms with E-state index in [1.807, 2.05) is 0 Å². The Hall–Kier alpha value is -1.40. The van der Waals surface area contributed by atoms with E-state index in [1.54, 1.807) is 0 Å². The van der Waals surface area contributed by atoms with E-state index >= 15 is 0 Å². The molecule has 0 saturated heterocycles. The van der Waals surface area contributed by atoms with Gasteiger partial charge in [0.25, 0.3) is 0 Å². The number of aliphatic hydroxyl groups is 2. The number of aliphatic hydroxyl groups excluding tert-OH is 2. The third-order valence-corrected chi connectivity index (χ3v) is 15.1. The Balaban J connectivity index is 3.30. The average Bonchev–Trinajstić information content (AvgIpc) is 3.36. The van der Waals surface area contributed by atoms with Crippen molar-refractivity contribution in [3.05, 3.63) is 12.2 Å². The van der Waals surface area contributed by atoms with E-state index in [1.165, 1.54) is 283 Å². The molecule has 2 atom stereocenters. The second kappa shape index (κ2) is 60.2. The highest BCUT2D eigenvalue weighted by Crippen LogP contribution is 2.18. The Kier molecular flexibility index (Phi) is 59.0. The molecule has 1 amide bonds. The van der Waals surface area contributed by atoms with Crippen LogP contribution in [0.4, 0.5) is 0 Å². The van der Waals surface area contributed by atoms with Crippen LogP contribution in [0.2, 0.25) is 0 Å². The number of hydrogen-bond acceptors (Lipinski definition) is 5. The van der Waals surface area contributed by atoms with Crippen molar-refractivity contribution < 1.29 is 24.5 Å². The highest BCUT2D eigenvalue weighted by atomic mass is 16.5. The fourth-order valence-electron chi connectivity index (χ4n) is 10.2. The summed E-state index contributed by atoms with van der Waals surface area (Å²) in [6.45, 7) is 4.94. The van der Waals surface area contributed by atoms with Crippen LogP contribution in [0.1, 0.15) is 361 Å². The molecule has 0 heterocycles. The SMILES string of the molecule is CCCCCC/C=C\CCCCCCCC(=O)OCCCCCCCCCCCCCCCCCCCCCCCCCCCCCCCCC(=O)NC(CO)C(O)CCCCCCCCCCCC. The van der Waals surface area contributed by atoms with Crippen molar-refractivity contribution in [2.75, 3.05) is 13.2 Å². The van der Waals surface area contributed by atoms with Crippen LogP contribution in [0.15, 0.2) is 12.2 Å². The first-order valence-electron chi connectivity index (χ1n) is 31.9. The quantitative estimate of drug-likeness (QED) is 0.0321. The van der Waals surface area contributed by atoms with Gasteiger partial charge in [0.2, 0.25) is 5.91 Å². The molecule has 6 nitrogen and oxygen atoms in total. The number of ether oxygens (including phenoxy) is 1. The van der Waals surface area contributed by atoms with Crippen LogP contribution in [0.5, 0.6) is 0 Å². The minimum absolute atomic E-state index is 0.0112. The van der Waals surface area contributed by atoms with Crippen molar-refractivity contribution in [3.63, 3.8) is 0 Å². The zero-order chi connectivity index (χ0) is 50.7. The topological polar surface area (TPSA) is 95.9 Å². The molecule has 0 fully saturated rings. The van der Waals surface area contributed by atoms with Gasteiger partial charge in [0.1, 0.15) is 0 Å². The summed E-state index contributed by atoms with van der Waals surface area (Å²) in [5.41, 5.74) is 0. The third-order valence-electron chi connectivity index (χ3n) is 15.1. The van der Waals surface area contributed by atoms with Gasteiger partial charge < -0.3 is 20.3 Å². The van der Waals surface area contributed by atoms with Crippen LogP contribution in [-0.2, 0) is 14.3 Å². The molecule has 0 aliphatic heterocycles. The summed E-state index contributed by atoms with van der Waals surface area (Å²) in [5.74, 6) is -0.0198. The van der Waals surface area contributed by atoms with Crippen molar-refractivity contribution in [2.24, 2.45) is 0 Å². The predicted molar refractivity (Wildman–Crippen MR) is 306 cm³/mol. The molecule has 0 aliphatic rings. The van der Waals surface area contributed by atoms with Gasteiger partial charge in [-0.2, -0.15) is 0 Å². The van der Waals surface area contributed by atoms with E-state index in [2.05, 4.69) is 31.3 Å². The highest BCUT2D eigenvalue weighted by Gasteiger charge is 2.20. The number of esters is 1. The minimum atomic E-state index is -0.658. The standard InChI is InChI=1S/C64H125NO5/c1-3-5-7-9-11-13-15-34-38-42-46-50-54-58-64(69)70-59-55-51-47-43-39-36-33-31-29-27-25-23-21-19-17-16-18-20-22-24-26-28-30-32-35-37-41-45-49-53-57-63(68)65-61(60-66)62(67)56-52-48-44-40-14-12-10-8-6-4-2/h13,15,61-62,66-67H,3-12,14,16-60H2,1-2H3,(H,65,68)/b15-13-. The maximum atomic E-state index is 12.4. The summed E-state index contributed by atoms with van der Waals surface area (Å²) in [6, 6.07) is -0.536. The van der Waals surface area contributed by atoms with Crippen LogP contribution >= 0.6 is 0 Å². The maximum absolute atomic E-state index is 12.4. The molecule has 0 aromatic heterocycles. The summed E-state index contributed by atoms with van der Waals surface area (Å²) >= 11 is 0. The average molecular weight is 989 g/mol. The number of nitrogens with one attached hydrogen (secondary N) is 1. The molecule has 6 heteroatoms. The number of carbonyl (C=O) groups excluding carboxylic acids is 2. The lowest BCUT2D eigenvalue weighted by atomic mass is 10.0. The fourth-order valence-corrected chi connectivity index (χ4v) is 10.2. The minimum Gasteiger partial charge on any atom is -0.466 e.